The Bertz CT molecular complexity index is 2820. The normalized spacial score (nSPS) is 11.4. The minimum Gasteiger partial charge on any atom is -0.379 e. The summed E-state index contributed by atoms with van der Waals surface area (Å²) in [7, 11) is -8.40. The molecule has 4 amide bonds. The number of carbonyl (C=O) groups excluding carboxylic acids is 2. The predicted octanol–water partition coefficient (Wildman–Crippen LogP) is 9.12. The first-order valence-electron chi connectivity index (χ1n) is 16.7. The highest BCUT2D eigenvalue weighted by molar-refractivity contribution is 7.87. The summed E-state index contributed by atoms with van der Waals surface area (Å²) >= 11 is 0. The molecule has 4 N–H and O–H groups in total. The smallest absolute Gasteiger partial charge is 0.339 e. The number of rotatable bonds is 10. The summed E-state index contributed by atoms with van der Waals surface area (Å²) in [6.07, 6.45) is 0. The van der Waals surface area contributed by atoms with E-state index in [0.717, 1.165) is 10.8 Å². The molecule has 0 saturated heterocycles. The average Bonchev–Trinajstić information content (AvgIpc) is 3.15. The molecule has 0 aliphatic rings. The topological polar surface area (TPSA) is 169 Å². The minimum atomic E-state index is -4.20. The van der Waals surface area contributed by atoms with Crippen LogP contribution in [0.15, 0.2) is 161 Å². The lowest BCUT2D eigenvalue weighted by atomic mass is 10.1. The Balaban J connectivity index is 0.974. The quantitative estimate of drug-likeness (QED) is 0.0998. The molecule has 0 aliphatic heterocycles. The van der Waals surface area contributed by atoms with Crippen molar-refractivity contribution in [1.29, 1.82) is 0 Å². The second-order valence-electron chi connectivity index (χ2n) is 12.3. The zero-order valence-corrected chi connectivity index (χ0v) is 30.6. The number of aryl methyl sites for hydroxylation is 1. The molecule has 0 bridgehead atoms. The van der Waals surface area contributed by atoms with Crippen molar-refractivity contribution in [2.24, 2.45) is 0 Å². The summed E-state index contributed by atoms with van der Waals surface area (Å²) in [6, 6.07) is 39.5. The van der Waals surface area contributed by atoms with E-state index in [-0.39, 0.29) is 32.7 Å². The lowest BCUT2D eigenvalue weighted by molar-refractivity contribution is 0.261. The van der Waals surface area contributed by atoms with E-state index in [0.29, 0.717) is 27.7 Å². The van der Waals surface area contributed by atoms with Gasteiger partial charge in [0.15, 0.2) is 0 Å². The molecule has 0 aliphatic carbocycles. The standard InChI is InChI=1S/C41H32N4O8S2/c1-27-22-23-32(44-40(46)42-30-14-8-16-33(24-30)52-54(48,49)38-20-6-12-28-10-2-4-18-35(28)38)26-37(27)45-41(47)43-31-15-9-17-34(25-31)53-55(50,51)39-21-7-13-29-11-3-5-19-36(29)39/h2-26H,1H3,(H2,42,44,46)(H2,43,45,47). The fourth-order valence-corrected chi connectivity index (χ4v) is 8.13. The molecular weight excluding hydrogens is 741 g/mol. The molecule has 12 nitrogen and oxygen atoms in total. The van der Waals surface area contributed by atoms with Gasteiger partial charge in [-0.15, -0.1) is 0 Å². The molecule has 0 radical (unpaired) electrons. The van der Waals surface area contributed by atoms with Gasteiger partial charge in [-0.1, -0.05) is 91.0 Å². The first-order chi connectivity index (χ1) is 26.4. The Morgan fingerprint density at radius 1 is 0.455 bits per heavy atom. The number of fused-ring (bicyclic) bond motifs is 2. The van der Waals surface area contributed by atoms with Gasteiger partial charge in [-0.3, -0.25) is 0 Å². The molecule has 0 spiro atoms. The second kappa shape index (κ2) is 15.2. The molecule has 7 aromatic rings. The van der Waals surface area contributed by atoms with Gasteiger partial charge in [0.1, 0.15) is 21.3 Å². The summed E-state index contributed by atoms with van der Waals surface area (Å²) in [6.45, 7) is 1.77. The molecule has 55 heavy (non-hydrogen) atoms. The first-order valence-corrected chi connectivity index (χ1v) is 19.6. The van der Waals surface area contributed by atoms with E-state index >= 15 is 0 Å². The van der Waals surface area contributed by atoms with E-state index < -0.39 is 32.3 Å². The van der Waals surface area contributed by atoms with Gasteiger partial charge in [-0.2, -0.15) is 16.8 Å². The third-order valence-corrected chi connectivity index (χ3v) is 11.0. The summed E-state index contributed by atoms with van der Waals surface area (Å²) in [4.78, 5) is 26.0. The van der Waals surface area contributed by atoms with E-state index in [2.05, 4.69) is 21.3 Å². The number of nitrogens with one attached hydrogen (secondary N) is 4. The van der Waals surface area contributed by atoms with Crippen LogP contribution >= 0.6 is 0 Å². The maximum atomic E-state index is 13.2. The molecule has 7 aromatic carbocycles. The van der Waals surface area contributed by atoms with Crippen LogP contribution in [0.1, 0.15) is 5.56 Å². The van der Waals surface area contributed by atoms with Gasteiger partial charge in [0.25, 0.3) is 0 Å². The van der Waals surface area contributed by atoms with Crippen molar-refractivity contribution in [3.8, 4) is 11.5 Å². The van der Waals surface area contributed by atoms with Gasteiger partial charge < -0.3 is 29.6 Å². The van der Waals surface area contributed by atoms with Gasteiger partial charge in [0.05, 0.1) is 0 Å². The van der Waals surface area contributed by atoms with Gasteiger partial charge in [0.2, 0.25) is 0 Å². The third kappa shape index (κ3) is 8.51. The lowest BCUT2D eigenvalue weighted by Gasteiger charge is -2.14. The summed E-state index contributed by atoms with van der Waals surface area (Å²) in [5.41, 5.74) is 1.96. The Morgan fingerprint density at radius 2 is 0.873 bits per heavy atom. The zero-order valence-electron chi connectivity index (χ0n) is 29.0. The third-order valence-electron chi connectivity index (χ3n) is 8.38. The van der Waals surface area contributed by atoms with Crippen molar-refractivity contribution in [3.63, 3.8) is 0 Å². The number of carbonyl (C=O) groups is 2. The van der Waals surface area contributed by atoms with E-state index in [1.807, 2.05) is 36.4 Å². The molecular formula is C41H32N4O8S2. The highest BCUT2D eigenvalue weighted by Crippen LogP contribution is 2.29. The Morgan fingerprint density at radius 3 is 1.38 bits per heavy atom. The van der Waals surface area contributed by atoms with Crippen LogP contribution in [0.25, 0.3) is 21.5 Å². The fraction of sp³-hybridized carbons (Fsp3) is 0.0244. The van der Waals surface area contributed by atoms with Crippen molar-refractivity contribution >= 4 is 76.6 Å². The molecule has 0 unspecified atom stereocenters. The zero-order chi connectivity index (χ0) is 38.6. The Kier molecular flexibility index (Phi) is 10.1. The Hall–Kier alpha value is -6.90. The van der Waals surface area contributed by atoms with Crippen molar-refractivity contribution in [2.75, 3.05) is 21.3 Å². The van der Waals surface area contributed by atoms with Gasteiger partial charge in [-0.05, 0) is 71.8 Å². The molecule has 0 heterocycles. The summed E-state index contributed by atoms with van der Waals surface area (Å²) in [5, 5.41) is 13.3. The summed E-state index contributed by atoms with van der Waals surface area (Å²) in [5.74, 6) is 0.00442. The van der Waals surface area contributed by atoms with E-state index in [4.69, 9.17) is 8.37 Å². The highest BCUT2D eigenvalue weighted by atomic mass is 32.2. The van der Waals surface area contributed by atoms with Crippen LogP contribution in [-0.2, 0) is 20.2 Å². The predicted molar refractivity (Wildman–Crippen MR) is 213 cm³/mol. The summed E-state index contributed by atoms with van der Waals surface area (Å²) < 4.78 is 63.7. The van der Waals surface area contributed by atoms with Crippen LogP contribution in [0.2, 0.25) is 0 Å². The molecule has 0 saturated carbocycles. The van der Waals surface area contributed by atoms with E-state index in [1.165, 1.54) is 36.4 Å². The number of amides is 4. The molecule has 14 heteroatoms. The highest BCUT2D eigenvalue weighted by Gasteiger charge is 2.21. The first kappa shape index (κ1) is 36.5. The molecule has 0 fully saturated rings. The number of hydrogen-bond donors (Lipinski definition) is 4. The number of benzene rings is 7. The maximum absolute atomic E-state index is 13.2. The lowest BCUT2D eigenvalue weighted by Crippen LogP contribution is -2.21. The number of urea groups is 2. The van der Waals surface area contributed by atoms with Crippen LogP contribution in [0.4, 0.5) is 32.3 Å². The van der Waals surface area contributed by atoms with Crippen LogP contribution < -0.4 is 29.6 Å². The van der Waals surface area contributed by atoms with E-state index in [9.17, 15) is 26.4 Å². The SMILES string of the molecule is Cc1ccc(NC(=O)Nc2cccc(OS(=O)(=O)c3cccc4ccccc34)c2)cc1NC(=O)Nc1cccc(OS(=O)(=O)c2cccc3ccccc23)c1. The van der Waals surface area contributed by atoms with Crippen molar-refractivity contribution in [2.45, 2.75) is 16.7 Å². The van der Waals surface area contributed by atoms with Crippen molar-refractivity contribution < 1.29 is 34.8 Å². The van der Waals surface area contributed by atoms with Gasteiger partial charge in [-0.25, -0.2) is 9.59 Å². The fourth-order valence-electron chi connectivity index (χ4n) is 5.83. The van der Waals surface area contributed by atoms with Crippen molar-refractivity contribution in [1.82, 2.24) is 0 Å². The van der Waals surface area contributed by atoms with Crippen molar-refractivity contribution in [3.05, 3.63) is 157 Å². The monoisotopic (exact) mass is 772 g/mol. The van der Waals surface area contributed by atoms with E-state index in [1.54, 1.807) is 85.8 Å². The minimum absolute atomic E-state index is 0.00195. The number of hydrogen-bond acceptors (Lipinski definition) is 8. The molecule has 0 atom stereocenters. The second-order valence-corrected chi connectivity index (χ2v) is 15.3. The molecule has 7 rings (SSSR count). The largest absolute Gasteiger partial charge is 0.379 e. The Labute approximate surface area is 317 Å². The molecule has 276 valence electrons. The van der Waals surface area contributed by atoms with Crippen LogP contribution in [-0.4, -0.2) is 28.9 Å². The molecule has 0 aromatic heterocycles. The van der Waals surface area contributed by atoms with Crippen LogP contribution in [0.3, 0.4) is 0 Å². The average molecular weight is 773 g/mol. The van der Waals surface area contributed by atoms with Gasteiger partial charge >= 0.3 is 32.3 Å². The number of anilines is 4. The van der Waals surface area contributed by atoms with Crippen LogP contribution in [0.5, 0.6) is 11.5 Å². The van der Waals surface area contributed by atoms with Crippen LogP contribution in [0, 0.1) is 6.92 Å². The maximum Gasteiger partial charge on any atom is 0.339 e. The van der Waals surface area contributed by atoms with Gasteiger partial charge in [0, 0.05) is 45.7 Å².